The molecule has 0 spiro atoms. The van der Waals surface area contributed by atoms with Crippen LogP contribution in [0, 0.1) is 5.41 Å². The maximum absolute atomic E-state index is 6.28. The van der Waals surface area contributed by atoms with E-state index in [0.717, 1.165) is 46.1 Å². The van der Waals surface area contributed by atoms with Gasteiger partial charge in [-0.2, -0.15) is 0 Å². The Morgan fingerprint density at radius 1 is 0.655 bits per heavy atom. The van der Waals surface area contributed by atoms with Gasteiger partial charge in [0, 0.05) is 28.6 Å². The summed E-state index contributed by atoms with van der Waals surface area (Å²) in [7, 11) is 0. The van der Waals surface area contributed by atoms with Gasteiger partial charge in [0.2, 0.25) is 0 Å². The summed E-state index contributed by atoms with van der Waals surface area (Å²) in [6.45, 7) is 5.54. The van der Waals surface area contributed by atoms with Gasteiger partial charge < -0.3 is 9.47 Å². The van der Waals surface area contributed by atoms with Crippen molar-refractivity contribution in [2.45, 2.75) is 26.7 Å². The Balaban J connectivity index is 1.53. The van der Waals surface area contributed by atoms with E-state index in [0.29, 0.717) is 13.2 Å². The molecule has 4 rings (SSSR count). The van der Waals surface area contributed by atoms with E-state index in [1.54, 1.807) is 12.4 Å². The maximum atomic E-state index is 6.28. The molecule has 0 aliphatic rings. The van der Waals surface area contributed by atoms with Crippen LogP contribution in [-0.2, 0) is 0 Å². The van der Waals surface area contributed by atoms with E-state index in [2.05, 4.69) is 48.1 Å². The van der Waals surface area contributed by atoms with Gasteiger partial charge in [0.05, 0.1) is 13.2 Å². The number of hydrogen-bond donors (Lipinski definition) is 0. The molecule has 0 aliphatic carbocycles. The molecule has 2 aromatic heterocycles. The van der Waals surface area contributed by atoms with Crippen LogP contribution in [0.1, 0.15) is 26.7 Å². The second-order valence-corrected chi connectivity index (χ2v) is 7.45. The van der Waals surface area contributed by atoms with Crippen molar-refractivity contribution in [2.24, 2.45) is 5.41 Å². The number of hydrogen-bond acceptors (Lipinski definition) is 4. The normalized spacial score (nSPS) is 11.7. The summed E-state index contributed by atoms with van der Waals surface area (Å²) in [5.74, 6) is 1.64. The largest absolute Gasteiger partial charge is 0.491 e. The minimum absolute atomic E-state index is 0.0894. The molecule has 0 bridgehead atoms. The Morgan fingerprint density at radius 3 is 1.55 bits per heavy atom. The molecule has 2 aromatic carbocycles. The smallest absolute Gasteiger partial charge is 0.145 e. The number of para-hydroxylation sites is 2. The summed E-state index contributed by atoms with van der Waals surface area (Å²) in [5.41, 5.74) is 1.71. The number of benzene rings is 2. The van der Waals surface area contributed by atoms with Gasteiger partial charge in [-0.1, -0.05) is 50.2 Å². The van der Waals surface area contributed by atoms with Gasteiger partial charge in [0.25, 0.3) is 0 Å². The van der Waals surface area contributed by atoms with Gasteiger partial charge in [0.1, 0.15) is 22.5 Å². The van der Waals surface area contributed by atoms with Gasteiger partial charge in [0.15, 0.2) is 0 Å². The van der Waals surface area contributed by atoms with E-state index in [4.69, 9.17) is 9.47 Å². The number of rotatable bonds is 8. The maximum Gasteiger partial charge on any atom is 0.145 e. The second kappa shape index (κ2) is 8.48. The fraction of sp³-hybridized carbons (Fsp3) is 0.280. The molecule has 0 saturated carbocycles. The Labute approximate surface area is 171 Å². The molecule has 0 saturated heterocycles. The van der Waals surface area contributed by atoms with E-state index < -0.39 is 0 Å². The number of aromatic nitrogens is 2. The average Bonchev–Trinajstić information content (AvgIpc) is 2.79. The predicted octanol–water partition coefficient (Wildman–Crippen LogP) is 6.05. The molecule has 4 aromatic rings. The van der Waals surface area contributed by atoms with Crippen molar-refractivity contribution in [3.8, 4) is 11.5 Å². The van der Waals surface area contributed by atoms with E-state index in [1.807, 2.05) is 36.4 Å². The van der Waals surface area contributed by atoms with Crippen molar-refractivity contribution in [1.29, 1.82) is 0 Å². The molecule has 2 heterocycles. The molecule has 0 aliphatic heterocycles. The van der Waals surface area contributed by atoms with Gasteiger partial charge >= 0.3 is 0 Å². The number of nitrogens with zero attached hydrogens (tertiary/aromatic N) is 2. The highest BCUT2D eigenvalue weighted by molar-refractivity contribution is 5.84. The molecule has 0 fully saturated rings. The minimum Gasteiger partial charge on any atom is -0.491 e. The monoisotopic (exact) mass is 386 g/mol. The highest BCUT2D eigenvalue weighted by Crippen LogP contribution is 2.32. The summed E-state index contributed by atoms with van der Waals surface area (Å²) >= 11 is 0. The van der Waals surface area contributed by atoms with Crippen LogP contribution in [0.5, 0.6) is 11.5 Å². The number of pyridine rings is 2. The lowest BCUT2D eigenvalue weighted by Crippen LogP contribution is -2.34. The number of ether oxygens (including phenoxy) is 2. The van der Waals surface area contributed by atoms with Crippen LogP contribution < -0.4 is 9.47 Å². The first-order valence-electron chi connectivity index (χ1n) is 10.2. The highest BCUT2D eigenvalue weighted by Gasteiger charge is 2.29. The zero-order chi connectivity index (χ0) is 20.1. The van der Waals surface area contributed by atoms with Crippen LogP contribution in [0.2, 0.25) is 0 Å². The third-order valence-corrected chi connectivity index (χ3v) is 5.76. The molecular formula is C25H26N2O2. The summed E-state index contributed by atoms with van der Waals surface area (Å²) in [5, 5.41) is 2.17. The van der Waals surface area contributed by atoms with E-state index >= 15 is 0 Å². The van der Waals surface area contributed by atoms with Crippen molar-refractivity contribution < 1.29 is 9.47 Å². The van der Waals surface area contributed by atoms with Crippen LogP contribution in [0.15, 0.2) is 73.1 Å². The minimum atomic E-state index is -0.0894. The fourth-order valence-corrected chi connectivity index (χ4v) is 3.55. The third-order valence-electron chi connectivity index (χ3n) is 5.76. The molecule has 4 nitrogen and oxygen atoms in total. The van der Waals surface area contributed by atoms with Crippen LogP contribution in [-0.4, -0.2) is 23.2 Å². The molecule has 0 radical (unpaired) electrons. The first-order chi connectivity index (χ1) is 14.2. The predicted molar refractivity (Wildman–Crippen MR) is 117 cm³/mol. The third kappa shape index (κ3) is 4.02. The Hall–Kier alpha value is -3.14. The topological polar surface area (TPSA) is 44.2 Å². The molecule has 29 heavy (non-hydrogen) atoms. The Bertz CT molecular complexity index is 1010. The molecule has 0 amide bonds. The van der Waals surface area contributed by atoms with Crippen LogP contribution in [0.25, 0.3) is 21.8 Å². The van der Waals surface area contributed by atoms with Crippen molar-refractivity contribution in [3.63, 3.8) is 0 Å². The lowest BCUT2D eigenvalue weighted by atomic mass is 9.84. The van der Waals surface area contributed by atoms with E-state index in [1.165, 1.54) is 0 Å². The summed E-state index contributed by atoms with van der Waals surface area (Å²) in [6.07, 6.45) is 5.52. The van der Waals surface area contributed by atoms with Gasteiger partial charge in [-0.15, -0.1) is 0 Å². The highest BCUT2D eigenvalue weighted by atomic mass is 16.5. The molecule has 148 valence electrons. The van der Waals surface area contributed by atoms with E-state index in [9.17, 15) is 0 Å². The first kappa shape index (κ1) is 19.2. The summed E-state index contributed by atoms with van der Waals surface area (Å²) in [4.78, 5) is 8.99. The molecular weight excluding hydrogens is 360 g/mol. The summed E-state index contributed by atoms with van der Waals surface area (Å²) in [6, 6.07) is 20.1. The molecule has 4 heteroatoms. The standard InChI is InChI=1S/C25H26N2O2/c1-3-25(4-2,17-28-21-13-5-9-19-11-7-15-26-23(19)21)18-29-22-14-6-10-20-12-8-16-27-24(20)22/h5-16H,3-4,17-18H2,1-2H3. The Morgan fingerprint density at radius 2 is 1.10 bits per heavy atom. The van der Waals surface area contributed by atoms with Crippen LogP contribution in [0.4, 0.5) is 0 Å². The lowest BCUT2D eigenvalue weighted by molar-refractivity contribution is 0.0718. The second-order valence-electron chi connectivity index (χ2n) is 7.45. The zero-order valence-electron chi connectivity index (χ0n) is 17.0. The van der Waals surface area contributed by atoms with Crippen molar-refractivity contribution >= 4 is 21.8 Å². The zero-order valence-corrected chi connectivity index (χ0v) is 17.0. The van der Waals surface area contributed by atoms with Crippen LogP contribution >= 0.6 is 0 Å². The quantitative estimate of drug-likeness (QED) is 0.370. The number of fused-ring (bicyclic) bond motifs is 2. The summed E-state index contributed by atoms with van der Waals surface area (Å²) < 4.78 is 12.6. The van der Waals surface area contributed by atoms with Crippen molar-refractivity contribution in [3.05, 3.63) is 73.1 Å². The first-order valence-corrected chi connectivity index (χ1v) is 10.2. The van der Waals surface area contributed by atoms with Crippen LogP contribution in [0.3, 0.4) is 0 Å². The fourth-order valence-electron chi connectivity index (χ4n) is 3.55. The average molecular weight is 386 g/mol. The SMILES string of the molecule is CCC(CC)(COc1cccc2cccnc12)COc1cccc2cccnc12. The lowest BCUT2D eigenvalue weighted by Gasteiger charge is -2.31. The molecule has 0 atom stereocenters. The van der Waals surface area contributed by atoms with Gasteiger partial charge in [-0.05, 0) is 37.1 Å². The molecule has 0 N–H and O–H groups in total. The molecule has 0 unspecified atom stereocenters. The van der Waals surface area contributed by atoms with Gasteiger partial charge in [-0.25, -0.2) is 0 Å². The van der Waals surface area contributed by atoms with Gasteiger partial charge in [-0.3, -0.25) is 9.97 Å². The van der Waals surface area contributed by atoms with E-state index in [-0.39, 0.29) is 5.41 Å². The van der Waals surface area contributed by atoms with Crippen molar-refractivity contribution in [2.75, 3.05) is 13.2 Å². The van der Waals surface area contributed by atoms with Crippen molar-refractivity contribution in [1.82, 2.24) is 9.97 Å². The Kier molecular flexibility index (Phi) is 5.61.